The Balaban J connectivity index is 1.10. The highest BCUT2D eigenvalue weighted by atomic mass is 16.7. The molecule has 0 N–H and O–H groups in total. The molecule has 10 nitrogen and oxygen atoms in total. The van der Waals surface area contributed by atoms with Crippen molar-refractivity contribution in [3.05, 3.63) is 65.7 Å². The highest BCUT2D eigenvalue weighted by Gasteiger charge is 2.60. The minimum Gasteiger partial charge on any atom is -0.497 e. The van der Waals surface area contributed by atoms with Crippen molar-refractivity contribution in [2.75, 3.05) is 20.5 Å². The lowest BCUT2D eigenvalue weighted by Crippen LogP contribution is -2.61. The molecule has 7 rings (SSSR count). The second-order valence-electron chi connectivity index (χ2n) is 15.8. The summed E-state index contributed by atoms with van der Waals surface area (Å²) in [6, 6.07) is 20.4. The lowest BCUT2D eigenvalue weighted by Gasteiger charge is -2.51. The summed E-state index contributed by atoms with van der Waals surface area (Å²) >= 11 is 0. The molecule has 14 atom stereocenters. The Morgan fingerprint density at radius 1 is 0.788 bits per heavy atom. The maximum Gasteiger partial charge on any atom is 0.171 e. The Hall–Kier alpha value is -2.59. The molecule has 5 saturated heterocycles. The topological polar surface area (TPSA) is 107 Å². The zero-order valence-electron chi connectivity index (χ0n) is 31.4. The predicted molar refractivity (Wildman–Crippen MR) is 192 cm³/mol. The van der Waals surface area contributed by atoms with Crippen LogP contribution in [0.5, 0.6) is 5.75 Å². The third-order valence-electron chi connectivity index (χ3n) is 12.4. The molecule has 284 valence electrons. The Labute approximate surface area is 309 Å². The Morgan fingerprint density at radius 2 is 1.54 bits per heavy atom. The molecule has 0 bridgehead atoms. The van der Waals surface area contributed by atoms with Crippen molar-refractivity contribution in [3.8, 4) is 11.8 Å². The third-order valence-corrected chi connectivity index (χ3v) is 12.4. The highest BCUT2D eigenvalue weighted by Crippen LogP contribution is 2.50. The molecular weight excluding hydrogens is 662 g/mol. The standard InChI is InChI=1S/C42H57NO9/c1-26-20-34(46-24-31-12-14-32(44-5)15-13-31)33(16-18-43)49-36-22-37-38(50-35(36)21-26)28(3)39(47-25-45-23-30-10-7-6-8-11-30)41-40(51-37)27(2)29(4)42(52-41)17-9-19-48-42/h6-8,10-15,26-29,33-41H,9,16-17,19-25H2,1-5H3/t26-,27-,28+,29-,33-,34+,35-,36+,37-,38+,39-,40+,41-,42+/m0/s1. The number of nitrogens with zero attached hydrogens (tertiary/aromatic N) is 1. The van der Waals surface area contributed by atoms with Crippen LogP contribution in [-0.2, 0) is 51.1 Å². The molecule has 5 aliphatic rings. The summed E-state index contributed by atoms with van der Waals surface area (Å²) in [5, 5.41) is 9.91. The van der Waals surface area contributed by atoms with E-state index in [0.29, 0.717) is 32.2 Å². The van der Waals surface area contributed by atoms with Gasteiger partial charge in [0.1, 0.15) is 18.6 Å². The van der Waals surface area contributed by atoms with Gasteiger partial charge in [-0.05, 0) is 54.4 Å². The average Bonchev–Trinajstić information content (AvgIpc) is 3.59. The zero-order chi connectivity index (χ0) is 36.2. The molecule has 0 amide bonds. The van der Waals surface area contributed by atoms with Crippen molar-refractivity contribution < 1.29 is 42.6 Å². The van der Waals surface area contributed by atoms with E-state index in [0.717, 1.165) is 42.6 Å². The molecule has 1 spiro atoms. The van der Waals surface area contributed by atoms with E-state index >= 15 is 0 Å². The van der Waals surface area contributed by atoms with Crippen LogP contribution in [0.1, 0.15) is 77.3 Å². The van der Waals surface area contributed by atoms with Crippen LogP contribution in [0, 0.1) is 35.0 Å². The average molecular weight is 720 g/mol. The first kappa shape index (κ1) is 37.7. The van der Waals surface area contributed by atoms with Gasteiger partial charge in [-0.3, -0.25) is 0 Å². The molecule has 52 heavy (non-hydrogen) atoms. The molecule has 10 heteroatoms. The van der Waals surface area contributed by atoms with Gasteiger partial charge in [0.15, 0.2) is 5.79 Å². The molecule has 0 aliphatic carbocycles. The fraction of sp³-hybridized carbons (Fsp3) is 0.690. The van der Waals surface area contributed by atoms with E-state index in [1.54, 1.807) is 7.11 Å². The fourth-order valence-electron chi connectivity index (χ4n) is 9.29. The molecule has 5 heterocycles. The van der Waals surface area contributed by atoms with E-state index in [2.05, 4.69) is 45.9 Å². The molecule has 2 aromatic carbocycles. The quantitative estimate of drug-likeness (QED) is 0.189. The molecule has 5 fully saturated rings. The Kier molecular flexibility index (Phi) is 12.2. The van der Waals surface area contributed by atoms with Crippen LogP contribution in [0.15, 0.2) is 54.6 Å². The van der Waals surface area contributed by atoms with Crippen molar-refractivity contribution in [1.29, 1.82) is 5.26 Å². The summed E-state index contributed by atoms with van der Waals surface area (Å²) in [5.41, 5.74) is 2.15. The smallest absolute Gasteiger partial charge is 0.171 e. The summed E-state index contributed by atoms with van der Waals surface area (Å²) in [4.78, 5) is 0. The third kappa shape index (κ3) is 8.08. The number of hydrogen-bond donors (Lipinski definition) is 0. The first-order valence-corrected chi connectivity index (χ1v) is 19.4. The first-order valence-electron chi connectivity index (χ1n) is 19.4. The lowest BCUT2D eigenvalue weighted by molar-refractivity contribution is -0.343. The number of ether oxygens (including phenoxy) is 9. The van der Waals surface area contributed by atoms with Crippen molar-refractivity contribution in [2.45, 2.75) is 140 Å². The Morgan fingerprint density at radius 3 is 2.27 bits per heavy atom. The first-order chi connectivity index (χ1) is 25.3. The van der Waals surface area contributed by atoms with Crippen molar-refractivity contribution >= 4 is 0 Å². The van der Waals surface area contributed by atoms with Gasteiger partial charge >= 0.3 is 0 Å². The minimum absolute atomic E-state index is 0.0587. The van der Waals surface area contributed by atoms with Gasteiger partial charge in [0.25, 0.3) is 0 Å². The maximum absolute atomic E-state index is 9.91. The zero-order valence-corrected chi connectivity index (χ0v) is 31.4. The van der Waals surface area contributed by atoms with E-state index < -0.39 is 5.79 Å². The second-order valence-corrected chi connectivity index (χ2v) is 15.8. The largest absolute Gasteiger partial charge is 0.497 e. The van der Waals surface area contributed by atoms with Crippen LogP contribution in [0.2, 0.25) is 0 Å². The maximum atomic E-state index is 9.91. The van der Waals surface area contributed by atoms with Gasteiger partial charge in [-0.15, -0.1) is 0 Å². The van der Waals surface area contributed by atoms with E-state index in [1.807, 2.05) is 42.5 Å². The van der Waals surface area contributed by atoms with Crippen molar-refractivity contribution in [3.63, 3.8) is 0 Å². The number of fused-ring (bicyclic) bond motifs is 3. The number of hydrogen-bond acceptors (Lipinski definition) is 10. The molecule has 0 saturated carbocycles. The van der Waals surface area contributed by atoms with Gasteiger partial charge in [-0.25, -0.2) is 0 Å². The normalized spacial score (nSPS) is 40.3. The van der Waals surface area contributed by atoms with Crippen LogP contribution in [0.3, 0.4) is 0 Å². The van der Waals surface area contributed by atoms with Crippen LogP contribution < -0.4 is 4.74 Å². The molecule has 2 aromatic rings. The molecule has 0 aromatic heterocycles. The molecule has 0 radical (unpaired) electrons. The number of methoxy groups -OCH3 is 1. The summed E-state index contributed by atoms with van der Waals surface area (Å²) in [7, 11) is 1.66. The van der Waals surface area contributed by atoms with Gasteiger partial charge in [-0.1, -0.05) is 70.2 Å². The second kappa shape index (κ2) is 16.8. The highest BCUT2D eigenvalue weighted by molar-refractivity contribution is 5.26. The van der Waals surface area contributed by atoms with Gasteiger partial charge in [0, 0.05) is 24.7 Å². The number of benzene rings is 2. The summed E-state index contributed by atoms with van der Waals surface area (Å²) in [5.74, 6) is 0.675. The molecule has 0 unspecified atom stereocenters. The van der Waals surface area contributed by atoms with Crippen LogP contribution in [0.4, 0.5) is 0 Å². The predicted octanol–water partition coefficient (Wildman–Crippen LogP) is 6.98. The van der Waals surface area contributed by atoms with Gasteiger partial charge in [0.2, 0.25) is 0 Å². The summed E-state index contributed by atoms with van der Waals surface area (Å²) in [6.07, 6.45) is 1.91. The minimum atomic E-state index is -0.653. The van der Waals surface area contributed by atoms with Gasteiger partial charge in [-0.2, -0.15) is 5.26 Å². The van der Waals surface area contributed by atoms with Crippen LogP contribution in [-0.4, -0.2) is 81.2 Å². The molecule has 5 aliphatic heterocycles. The number of nitriles is 1. The lowest BCUT2D eigenvalue weighted by atomic mass is 9.76. The van der Waals surface area contributed by atoms with Gasteiger partial charge in [0.05, 0.1) is 88.3 Å². The summed E-state index contributed by atoms with van der Waals surface area (Å²) < 4.78 is 59.2. The van der Waals surface area contributed by atoms with Crippen molar-refractivity contribution in [2.24, 2.45) is 23.7 Å². The van der Waals surface area contributed by atoms with E-state index in [-0.39, 0.29) is 85.9 Å². The van der Waals surface area contributed by atoms with E-state index in [4.69, 9.17) is 42.6 Å². The SMILES string of the molecule is COc1ccc(CO[C@@H]2C[C@H](C)C[C@@H]3O[C@@H]4[C@@H](C)[C@H](OCOCc5ccccc5)[C@@H]5O[C@]6(CCCO6)[C@@H](C)[C@H](C)[C@H]5O[C@H]4C[C@H]3O[C@H]2CC#N)cc1. The number of rotatable bonds is 10. The van der Waals surface area contributed by atoms with Gasteiger partial charge < -0.3 is 42.6 Å². The Bertz CT molecular complexity index is 1460. The fourth-order valence-corrected chi connectivity index (χ4v) is 9.29. The monoisotopic (exact) mass is 719 g/mol. The summed E-state index contributed by atoms with van der Waals surface area (Å²) in [6.45, 7) is 10.7. The van der Waals surface area contributed by atoms with E-state index in [1.165, 1.54) is 0 Å². The molecular formula is C42H57NO9. The van der Waals surface area contributed by atoms with Crippen LogP contribution in [0.25, 0.3) is 0 Å². The van der Waals surface area contributed by atoms with Crippen molar-refractivity contribution in [1.82, 2.24) is 0 Å². The van der Waals surface area contributed by atoms with E-state index in [9.17, 15) is 5.26 Å². The van der Waals surface area contributed by atoms with Crippen LogP contribution >= 0.6 is 0 Å².